The van der Waals surface area contributed by atoms with E-state index in [1.165, 1.54) is 5.56 Å². The molecule has 0 radical (unpaired) electrons. The van der Waals surface area contributed by atoms with Gasteiger partial charge in [-0.25, -0.2) is 4.98 Å². The lowest BCUT2D eigenvalue weighted by Crippen LogP contribution is -2.44. The number of hydrogen-bond acceptors (Lipinski definition) is 7. The van der Waals surface area contributed by atoms with Crippen LogP contribution in [0.4, 0.5) is 5.82 Å². The fourth-order valence-corrected chi connectivity index (χ4v) is 6.00. The number of hydrogen-bond donors (Lipinski definition) is 1. The van der Waals surface area contributed by atoms with Gasteiger partial charge in [-0.05, 0) is 72.5 Å². The van der Waals surface area contributed by atoms with E-state index >= 15 is 0 Å². The molecule has 0 spiro atoms. The number of benzene rings is 2. The number of pyridine rings is 1. The number of para-hydroxylation sites is 2. The van der Waals surface area contributed by atoms with Crippen molar-refractivity contribution in [3.05, 3.63) is 82.0 Å². The van der Waals surface area contributed by atoms with E-state index in [0.717, 1.165) is 46.7 Å². The van der Waals surface area contributed by atoms with E-state index < -0.39 is 0 Å². The van der Waals surface area contributed by atoms with Crippen molar-refractivity contribution in [1.29, 1.82) is 0 Å². The van der Waals surface area contributed by atoms with Crippen LogP contribution < -0.4 is 14.4 Å². The highest BCUT2D eigenvalue weighted by atomic mass is 32.1. The average molecular weight is 544 g/mol. The number of fused-ring (bicyclic) bond motifs is 2. The van der Waals surface area contributed by atoms with E-state index in [1.807, 2.05) is 46.0 Å². The van der Waals surface area contributed by atoms with Gasteiger partial charge >= 0.3 is 0 Å². The molecule has 0 aliphatic carbocycles. The van der Waals surface area contributed by atoms with Crippen LogP contribution in [0.5, 0.6) is 11.5 Å². The number of carbonyl (C=O) groups is 1. The van der Waals surface area contributed by atoms with Crippen molar-refractivity contribution in [2.45, 2.75) is 44.9 Å². The molecular weight excluding hydrogens is 510 g/mol. The monoisotopic (exact) mass is 543 g/mol. The number of carbonyl (C=O) groups excluding carboxylic acids is 1. The minimum absolute atomic E-state index is 0.0419. The van der Waals surface area contributed by atoms with E-state index in [0.29, 0.717) is 44.7 Å². The van der Waals surface area contributed by atoms with Crippen molar-refractivity contribution >= 4 is 34.0 Å². The van der Waals surface area contributed by atoms with Gasteiger partial charge in [0, 0.05) is 30.6 Å². The standard InChI is InChI=1S/C31H33N3O4S/c1-21-6-7-27-23(14-21)16-24(31(32-27)33-11-8-25(35)9-12-33)17-34(30(36)15-22-10-13-39-20-22)18-26-19-37-28-4-2-3-5-29(28)38-26/h2-7,10,13-14,16,20,25-26,35H,8-9,11-12,15,17-19H2,1H3/t26-/m0/s1. The Labute approximate surface area is 232 Å². The molecule has 7 nitrogen and oxygen atoms in total. The van der Waals surface area contributed by atoms with Gasteiger partial charge in [0.1, 0.15) is 12.4 Å². The molecule has 1 atom stereocenters. The van der Waals surface area contributed by atoms with Gasteiger partial charge < -0.3 is 24.4 Å². The van der Waals surface area contributed by atoms with Crippen molar-refractivity contribution in [1.82, 2.24) is 9.88 Å². The van der Waals surface area contributed by atoms with Crippen LogP contribution in [-0.2, 0) is 17.8 Å². The van der Waals surface area contributed by atoms with Gasteiger partial charge in [-0.15, -0.1) is 0 Å². The van der Waals surface area contributed by atoms with Crippen LogP contribution in [-0.4, -0.2) is 59.3 Å². The number of thiophene rings is 1. The molecular formula is C31H33N3O4S. The Morgan fingerprint density at radius 3 is 2.74 bits per heavy atom. The second-order valence-electron chi connectivity index (χ2n) is 10.5. The minimum Gasteiger partial charge on any atom is -0.486 e. The number of anilines is 1. The highest BCUT2D eigenvalue weighted by molar-refractivity contribution is 7.08. The summed E-state index contributed by atoms with van der Waals surface area (Å²) in [6, 6.07) is 18.1. The number of piperidine rings is 1. The van der Waals surface area contributed by atoms with Crippen molar-refractivity contribution in [2.24, 2.45) is 0 Å². The molecule has 0 bridgehead atoms. The Kier molecular flexibility index (Phi) is 7.39. The Morgan fingerprint density at radius 1 is 1.13 bits per heavy atom. The highest BCUT2D eigenvalue weighted by Crippen LogP contribution is 2.32. The topological polar surface area (TPSA) is 75.1 Å². The lowest BCUT2D eigenvalue weighted by atomic mass is 10.0. The number of aromatic nitrogens is 1. The van der Waals surface area contributed by atoms with E-state index in [9.17, 15) is 9.90 Å². The number of nitrogens with zero attached hydrogens (tertiary/aromatic N) is 3. The summed E-state index contributed by atoms with van der Waals surface area (Å²) in [5.41, 5.74) is 4.11. The summed E-state index contributed by atoms with van der Waals surface area (Å²) in [6.45, 7) is 4.74. The Bertz CT molecular complexity index is 1450. The zero-order valence-corrected chi connectivity index (χ0v) is 22.9. The molecule has 0 saturated carbocycles. The fourth-order valence-electron chi connectivity index (χ4n) is 5.34. The number of rotatable bonds is 7. The van der Waals surface area contributed by atoms with E-state index in [4.69, 9.17) is 14.5 Å². The first-order chi connectivity index (χ1) is 19.0. The summed E-state index contributed by atoms with van der Waals surface area (Å²) in [5.74, 6) is 2.36. The van der Waals surface area contributed by atoms with Gasteiger partial charge in [0.2, 0.25) is 5.91 Å². The molecule has 1 N–H and O–H groups in total. The van der Waals surface area contributed by atoms with E-state index in [2.05, 4.69) is 36.1 Å². The first-order valence-electron chi connectivity index (χ1n) is 13.5. The quantitative estimate of drug-likeness (QED) is 0.355. The molecule has 2 aromatic carbocycles. The molecule has 2 aliphatic heterocycles. The van der Waals surface area contributed by atoms with E-state index in [-0.39, 0.29) is 18.1 Å². The smallest absolute Gasteiger partial charge is 0.227 e. The summed E-state index contributed by atoms with van der Waals surface area (Å²) in [4.78, 5) is 23.0. The third kappa shape index (κ3) is 5.87. The summed E-state index contributed by atoms with van der Waals surface area (Å²) < 4.78 is 12.2. The normalized spacial score (nSPS) is 17.4. The lowest BCUT2D eigenvalue weighted by molar-refractivity contribution is -0.132. The molecule has 1 fully saturated rings. The maximum atomic E-state index is 13.7. The first kappa shape index (κ1) is 25.6. The highest BCUT2D eigenvalue weighted by Gasteiger charge is 2.28. The number of aliphatic hydroxyl groups is 1. The molecule has 4 heterocycles. The fraction of sp³-hybridized carbons (Fsp3) is 0.355. The zero-order valence-electron chi connectivity index (χ0n) is 22.1. The zero-order chi connectivity index (χ0) is 26.8. The molecule has 2 aliphatic rings. The predicted octanol–water partition coefficient (Wildman–Crippen LogP) is 4.98. The first-order valence-corrected chi connectivity index (χ1v) is 14.5. The van der Waals surface area contributed by atoms with Crippen molar-refractivity contribution < 1.29 is 19.4 Å². The lowest BCUT2D eigenvalue weighted by Gasteiger charge is -2.34. The SMILES string of the molecule is Cc1ccc2nc(N3CCC(O)CC3)c(CN(C[C@H]3COc4ccccc4O3)C(=O)Cc3ccsc3)cc2c1. The minimum atomic E-state index is -0.282. The van der Waals surface area contributed by atoms with Crippen molar-refractivity contribution in [2.75, 3.05) is 31.1 Å². The second kappa shape index (κ2) is 11.2. The van der Waals surface area contributed by atoms with Gasteiger partial charge in [0.05, 0.1) is 24.6 Å². The largest absolute Gasteiger partial charge is 0.486 e. The van der Waals surface area contributed by atoms with Crippen LogP contribution in [0.2, 0.25) is 0 Å². The number of aliphatic hydroxyl groups excluding tert-OH is 1. The van der Waals surface area contributed by atoms with Gasteiger partial charge in [0.25, 0.3) is 0 Å². The van der Waals surface area contributed by atoms with Gasteiger partial charge in [-0.2, -0.15) is 11.3 Å². The number of amides is 1. The van der Waals surface area contributed by atoms with Crippen LogP contribution in [0.15, 0.2) is 65.4 Å². The van der Waals surface area contributed by atoms with Gasteiger partial charge in [-0.1, -0.05) is 23.8 Å². The molecule has 0 unspecified atom stereocenters. The van der Waals surface area contributed by atoms with Gasteiger partial charge in [-0.3, -0.25) is 4.79 Å². The van der Waals surface area contributed by atoms with Crippen LogP contribution in [0.25, 0.3) is 10.9 Å². The van der Waals surface area contributed by atoms with Crippen molar-refractivity contribution in [3.8, 4) is 11.5 Å². The Morgan fingerprint density at radius 2 is 1.95 bits per heavy atom. The summed E-state index contributed by atoms with van der Waals surface area (Å²) in [5, 5.41) is 15.2. The van der Waals surface area contributed by atoms with E-state index in [1.54, 1.807) is 11.3 Å². The third-order valence-corrected chi connectivity index (χ3v) is 8.16. The molecule has 39 heavy (non-hydrogen) atoms. The van der Waals surface area contributed by atoms with Crippen LogP contribution >= 0.6 is 11.3 Å². The summed E-state index contributed by atoms with van der Waals surface area (Å²) in [6.07, 6.45) is 1.19. The Balaban J connectivity index is 1.32. The summed E-state index contributed by atoms with van der Waals surface area (Å²) in [7, 11) is 0. The maximum absolute atomic E-state index is 13.7. The van der Waals surface area contributed by atoms with Crippen LogP contribution in [0.3, 0.4) is 0 Å². The van der Waals surface area contributed by atoms with Crippen LogP contribution in [0.1, 0.15) is 29.5 Å². The molecule has 2 aromatic heterocycles. The molecule has 1 amide bonds. The molecule has 8 heteroatoms. The second-order valence-corrected chi connectivity index (χ2v) is 11.2. The Hall–Kier alpha value is -3.62. The molecule has 202 valence electrons. The molecule has 4 aromatic rings. The third-order valence-electron chi connectivity index (χ3n) is 7.43. The predicted molar refractivity (Wildman–Crippen MR) is 154 cm³/mol. The average Bonchev–Trinajstić information content (AvgIpc) is 3.46. The summed E-state index contributed by atoms with van der Waals surface area (Å²) >= 11 is 1.60. The maximum Gasteiger partial charge on any atom is 0.227 e. The van der Waals surface area contributed by atoms with Crippen molar-refractivity contribution in [3.63, 3.8) is 0 Å². The molecule has 6 rings (SSSR count). The molecule has 1 saturated heterocycles. The van der Waals surface area contributed by atoms with Gasteiger partial charge in [0.15, 0.2) is 17.6 Å². The number of aryl methyl sites for hydroxylation is 1. The van der Waals surface area contributed by atoms with Crippen LogP contribution in [0, 0.1) is 6.92 Å². The number of ether oxygens (including phenoxy) is 2.